The van der Waals surface area contributed by atoms with Crippen LogP contribution in [0.25, 0.3) is 0 Å². The molecule has 0 spiro atoms. The molecule has 3 aromatic rings. The van der Waals surface area contributed by atoms with Crippen molar-refractivity contribution in [2.75, 3.05) is 10.8 Å². The van der Waals surface area contributed by atoms with Gasteiger partial charge in [-0.2, -0.15) is 0 Å². The fraction of sp³-hybridized carbons (Fsp3) is 0.333. The summed E-state index contributed by atoms with van der Waals surface area (Å²) < 4.78 is 42.1. The summed E-state index contributed by atoms with van der Waals surface area (Å²) in [5.41, 5.74) is 0.740. The van der Waals surface area contributed by atoms with Crippen molar-refractivity contribution >= 4 is 39.1 Å². The fourth-order valence-electron chi connectivity index (χ4n) is 4.82. The molecule has 1 aliphatic rings. The van der Waals surface area contributed by atoms with E-state index in [0.717, 1.165) is 36.4 Å². The highest BCUT2D eigenvalue weighted by atomic mass is 35.5. The minimum absolute atomic E-state index is 0.00380. The molecule has 0 radical (unpaired) electrons. The van der Waals surface area contributed by atoms with E-state index in [4.69, 9.17) is 11.6 Å². The van der Waals surface area contributed by atoms with Crippen molar-refractivity contribution in [3.63, 3.8) is 0 Å². The molecule has 1 atom stereocenters. The lowest BCUT2D eigenvalue weighted by Crippen LogP contribution is -2.53. The fourth-order valence-corrected chi connectivity index (χ4v) is 6.57. The van der Waals surface area contributed by atoms with Gasteiger partial charge in [0.25, 0.3) is 10.0 Å². The molecule has 0 bridgehead atoms. The van der Waals surface area contributed by atoms with E-state index in [-0.39, 0.29) is 34.1 Å². The quantitative estimate of drug-likeness (QED) is 0.338. The Hall–Kier alpha value is -3.43. The molecule has 1 saturated carbocycles. The summed E-state index contributed by atoms with van der Waals surface area (Å²) in [5, 5.41) is 3.21. The third-order valence-electron chi connectivity index (χ3n) is 7.12. The maximum atomic E-state index is 13.9. The molecule has 0 unspecified atom stereocenters. The van der Waals surface area contributed by atoms with Gasteiger partial charge in [0.2, 0.25) is 11.8 Å². The number of anilines is 1. The molecule has 0 aromatic heterocycles. The van der Waals surface area contributed by atoms with Crippen molar-refractivity contribution in [3.8, 4) is 0 Å². The second-order valence-corrected chi connectivity index (χ2v) is 12.2. The zero-order chi connectivity index (χ0) is 28.7. The molecular weight excluding hydrogens is 553 g/mol. The molecule has 10 heteroatoms. The van der Waals surface area contributed by atoms with Gasteiger partial charge < -0.3 is 10.2 Å². The van der Waals surface area contributed by atoms with Crippen LogP contribution in [-0.4, -0.2) is 43.8 Å². The third kappa shape index (κ3) is 7.20. The van der Waals surface area contributed by atoms with E-state index in [9.17, 15) is 22.4 Å². The van der Waals surface area contributed by atoms with E-state index in [1.807, 2.05) is 0 Å². The van der Waals surface area contributed by atoms with Crippen LogP contribution in [-0.2, 0) is 26.2 Å². The van der Waals surface area contributed by atoms with Crippen LogP contribution in [0.5, 0.6) is 0 Å². The maximum Gasteiger partial charge on any atom is 0.264 e. The summed E-state index contributed by atoms with van der Waals surface area (Å²) in [7, 11) is -4.20. The largest absolute Gasteiger partial charge is 0.352 e. The van der Waals surface area contributed by atoms with E-state index in [0.29, 0.717) is 5.56 Å². The highest BCUT2D eigenvalue weighted by Crippen LogP contribution is 2.30. The Labute approximate surface area is 240 Å². The average Bonchev–Trinajstić information content (AvgIpc) is 2.96. The molecule has 3 aromatic carbocycles. The number of benzene rings is 3. The molecular formula is C30H33ClFN3O4S. The molecule has 0 heterocycles. The molecule has 1 aliphatic carbocycles. The number of hydrogen-bond acceptors (Lipinski definition) is 4. The SMILES string of the molecule is C[C@H](C(=O)NC1CCCCC1)N(Cc1ccc(F)cc1)C(=O)CN(c1ccccc1Cl)S(=O)(=O)c1ccccc1. The summed E-state index contributed by atoms with van der Waals surface area (Å²) in [4.78, 5) is 28.6. The molecule has 7 nitrogen and oxygen atoms in total. The highest BCUT2D eigenvalue weighted by molar-refractivity contribution is 7.92. The van der Waals surface area contributed by atoms with Crippen LogP contribution < -0.4 is 9.62 Å². The first kappa shape index (κ1) is 29.6. The number of nitrogens with one attached hydrogen (secondary N) is 1. The first-order chi connectivity index (χ1) is 19.2. The van der Waals surface area contributed by atoms with Crippen LogP contribution in [0.4, 0.5) is 10.1 Å². The minimum Gasteiger partial charge on any atom is -0.352 e. The highest BCUT2D eigenvalue weighted by Gasteiger charge is 2.33. The standard InChI is InChI=1S/C30H33ClFN3O4S/c1-22(30(37)33-25-10-4-2-5-11-25)34(20-23-16-18-24(32)19-17-23)29(36)21-35(28-15-9-8-14-27(28)31)40(38,39)26-12-6-3-7-13-26/h3,6-9,12-19,22,25H,2,4-5,10-11,20-21H2,1H3,(H,33,37)/t22-/m1/s1. The van der Waals surface area contributed by atoms with Gasteiger partial charge in [0.15, 0.2) is 0 Å². The van der Waals surface area contributed by atoms with Crippen molar-refractivity contribution in [1.29, 1.82) is 0 Å². The summed E-state index contributed by atoms with van der Waals surface area (Å²) in [6, 6.07) is 18.9. The number of sulfonamides is 1. The molecule has 212 valence electrons. The lowest BCUT2D eigenvalue weighted by atomic mass is 9.95. The Kier molecular flexibility index (Phi) is 9.81. The third-order valence-corrected chi connectivity index (χ3v) is 9.21. The Morgan fingerprint density at radius 2 is 1.57 bits per heavy atom. The average molecular weight is 586 g/mol. The van der Waals surface area contributed by atoms with Gasteiger partial charge >= 0.3 is 0 Å². The predicted molar refractivity (Wildman–Crippen MR) is 154 cm³/mol. The smallest absolute Gasteiger partial charge is 0.264 e. The number of carbonyl (C=O) groups excluding carboxylic acids is 2. The van der Waals surface area contributed by atoms with Crippen LogP contribution in [0.15, 0.2) is 83.8 Å². The van der Waals surface area contributed by atoms with Gasteiger partial charge in [0, 0.05) is 12.6 Å². The van der Waals surface area contributed by atoms with Crippen LogP contribution in [0.1, 0.15) is 44.6 Å². The first-order valence-electron chi connectivity index (χ1n) is 13.3. The zero-order valence-corrected chi connectivity index (χ0v) is 23.9. The maximum absolute atomic E-state index is 13.9. The Morgan fingerprint density at radius 1 is 0.950 bits per heavy atom. The van der Waals surface area contributed by atoms with Gasteiger partial charge in [0.1, 0.15) is 18.4 Å². The molecule has 0 aliphatic heterocycles. The van der Waals surface area contributed by atoms with Crippen molar-refractivity contribution in [2.24, 2.45) is 0 Å². The second-order valence-electron chi connectivity index (χ2n) is 9.94. The van der Waals surface area contributed by atoms with E-state index in [1.54, 1.807) is 43.3 Å². The number of carbonyl (C=O) groups is 2. The van der Waals surface area contributed by atoms with E-state index >= 15 is 0 Å². The number of rotatable bonds is 10. The predicted octanol–water partition coefficient (Wildman–Crippen LogP) is 5.54. The van der Waals surface area contributed by atoms with Crippen molar-refractivity contribution < 1.29 is 22.4 Å². The van der Waals surface area contributed by atoms with Gasteiger partial charge in [-0.3, -0.25) is 13.9 Å². The number of amides is 2. The Bertz CT molecular complexity index is 1410. The van der Waals surface area contributed by atoms with Crippen LogP contribution >= 0.6 is 11.6 Å². The van der Waals surface area contributed by atoms with Gasteiger partial charge in [-0.05, 0) is 61.7 Å². The lowest BCUT2D eigenvalue weighted by Gasteiger charge is -2.33. The van der Waals surface area contributed by atoms with Crippen LogP contribution in [0.3, 0.4) is 0 Å². The Morgan fingerprint density at radius 3 is 2.23 bits per heavy atom. The molecule has 1 N–H and O–H groups in total. The monoisotopic (exact) mass is 585 g/mol. The normalized spacial score (nSPS) is 14.8. The zero-order valence-electron chi connectivity index (χ0n) is 22.3. The first-order valence-corrected chi connectivity index (χ1v) is 15.1. The lowest BCUT2D eigenvalue weighted by molar-refractivity contribution is -0.139. The number of hydrogen-bond donors (Lipinski definition) is 1. The summed E-state index contributed by atoms with van der Waals surface area (Å²) >= 11 is 6.41. The van der Waals surface area contributed by atoms with Crippen molar-refractivity contribution in [2.45, 2.75) is 62.6 Å². The minimum atomic E-state index is -4.20. The van der Waals surface area contributed by atoms with Crippen molar-refractivity contribution in [1.82, 2.24) is 10.2 Å². The number of para-hydroxylation sites is 1. The Balaban J connectivity index is 1.67. The van der Waals surface area contributed by atoms with Gasteiger partial charge in [0.05, 0.1) is 15.6 Å². The van der Waals surface area contributed by atoms with Gasteiger partial charge in [-0.25, -0.2) is 12.8 Å². The van der Waals surface area contributed by atoms with E-state index in [1.165, 1.54) is 47.4 Å². The molecule has 4 rings (SSSR count). The molecule has 40 heavy (non-hydrogen) atoms. The van der Waals surface area contributed by atoms with E-state index in [2.05, 4.69) is 5.32 Å². The van der Waals surface area contributed by atoms with Gasteiger partial charge in [-0.15, -0.1) is 0 Å². The van der Waals surface area contributed by atoms with Crippen LogP contribution in [0.2, 0.25) is 5.02 Å². The van der Waals surface area contributed by atoms with Gasteiger partial charge in [-0.1, -0.05) is 73.3 Å². The topological polar surface area (TPSA) is 86.8 Å². The number of halogens is 2. The molecule has 1 fully saturated rings. The van der Waals surface area contributed by atoms with Crippen LogP contribution in [0, 0.1) is 5.82 Å². The van der Waals surface area contributed by atoms with Crippen molar-refractivity contribution in [3.05, 3.63) is 95.3 Å². The summed E-state index contributed by atoms with van der Waals surface area (Å²) in [5.74, 6) is -1.35. The molecule has 2 amide bonds. The summed E-state index contributed by atoms with van der Waals surface area (Å²) in [6.45, 7) is 1.01. The second kappa shape index (κ2) is 13.3. The number of nitrogens with zero attached hydrogens (tertiary/aromatic N) is 2. The molecule has 0 saturated heterocycles. The van der Waals surface area contributed by atoms with E-state index < -0.39 is 34.3 Å². The summed E-state index contributed by atoms with van der Waals surface area (Å²) in [6.07, 6.45) is 4.94.